The molecule has 0 atom stereocenters. The monoisotopic (exact) mass is 516 g/mol. The van der Waals surface area contributed by atoms with Crippen molar-refractivity contribution in [1.29, 1.82) is 0 Å². The van der Waals surface area contributed by atoms with Crippen molar-refractivity contribution >= 4 is 52.2 Å². The number of hydrogen-bond acceptors (Lipinski definition) is 9. The highest BCUT2D eigenvalue weighted by atomic mass is 32.2. The maximum absolute atomic E-state index is 12.9. The molecule has 0 saturated carbocycles. The van der Waals surface area contributed by atoms with Gasteiger partial charge in [0, 0.05) is 5.56 Å². The van der Waals surface area contributed by atoms with E-state index in [9.17, 15) is 14.4 Å². The number of amides is 2. The Morgan fingerprint density at radius 3 is 2.46 bits per heavy atom. The summed E-state index contributed by atoms with van der Waals surface area (Å²) in [5, 5.41) is 1.04. The molecule has 11 heteroatoms. The van der Waals surface area contributed by atoms with E-state index in [0.717, 1.165) is 16.8 Å². The van der Waals surface area contributed by atoms with Crippen LogP contribution in [0.3, 0.4) is 0 Å². The summed E-state index contributed by atoms with van der Waals surface area (Å²) < 4.78 is 21.3. The molecular weight excluding hydrogens is 492 g/mol. The molecule has 184 valence electrons. The van der Waals surface area contributed by atoms with Gasteiger partial charge in [0.15, 0.2) is 22.4 Å². The third-order valence-corrected chi connectivity index (χ3v) is 5.88. The van der Waals surface area contributed by atoms with Gasteiger partial charge in [-0.05, 0) is 74.1 Å². The largest absolute Gasteiger partial charge is 0.497 e. The lowest BCUT2D eigenvalue weighted by molar-refractivity contribution is -0.145. The smallest absolute Gasteiger partial charge is 0.344 e. The summed E-state index contributed by atoms with van der Waals surface area (Å²) in [6.45, 7) is 3.92. The van der Waals surface area contributed by atoms with Crippen molar-refractivity contribution in [1.82, 2.24) is 10.4 Å². The van der Waals surface area contributed by atoms with Crippen LogP contribution in [-0.2, 0) is 14.3 Å². The molecular formula is C24H24N2O7S2. The Bertz CT molecular complexity index is 1150. The highest BCUT2D eigenvalue weighted by molar-refractivity contribution is 8.26. The third-order valence-electron chi connectivity index (χ3n) is 4.58. The van der Waals surface area contributed by atoms with Crippen LogP contribution in [0.2, 0.25) is 0 Å². The van der Waals surface area contributed by atoms with Crippen molar-refractivity contribution in [2.45, 2.75) is 13.8 Å². The molecule has 0 spiro atoms. The maximum Gasteiger partial charge on any atom is 0.344 e. The van der Waals surface area contributed by atoms with Crippen LogP contribution in [0.1, 0.15) is 29.8 Å². The van der Waals surface area contributed by atoms with Crippen molar-refractivity contribution in [3.63, 3.8) is 0 Å². The molecule has 2 aromatic rings. The fraction of sp³-hybridized carbons (Fsp3) is 0.250. The number of hydrazine groups is 1. The van der Waals surface area contributed by atoms with E-state index >= 15 is 0 Å². The van der Waals surface area contributed by atoms with E-state index in [0.29, 0.717) is 39.9 Å². The minimum Gasteiger partial charge on any atom is -0.497 e. The van der Waals surface area contributed by atoms with Crippen molar-refractivity contribution in [2.75, 3.05) is 26.9 Å². The molecule has 2 aromatic carbocycles. The number of carbonyl (C=O) groups excluding carboxylic acids is 3. The van der Waals surface area contributed by atoms with Gasteiger partial charge in [0.2, 0.25) is 0 Å². The van der Waals surface area contributed by atoms with Gasteiger partial charge in [-0.2, -0.15) is 5.01 Å². The fourth-order valence-corrected chi connectivity index (χ4v) is 4.14. The summed E-state index contributed by atoms with van der Waals surface area (Å²) in [7, 11) is 1.53. The number of carbonyl (C=O) groups is 3. The second kappa shape index (κ2) is 12.2. The molecule has 0 radical (unpaired) electrons. The zero-order chi connectivity index (χ0) is 25.4. The lowest BCUT2D eigenvalue weighted by atomic mass is 10.2. The zero-order valence-electron chi connectivity index (χ0n) is 19.4. The molecule has 9 nitrogen and oxygen atoms in total. The van der Waals surface area contributed by atoms with Crippen LogP contribution in [0.25, 0.3) is 6.08 Å². The highest BCUT2D eigenvalue weighted by Gasteiger charge is 2.33. The standard InChI is InChI=1S/C24H24N2O7S2/c1-4-31-19-12-15(6-11-18(19)33-14-21(27)32-5-2)13-20-23(29)26(24(34)35-20)25-22(28)16-7-9-17(30-3)10-8-16/h6-13H,4-5,14H2,1-3H3,(H,25,28)/b20-13-. The van der Waals surface area contributed by atoms with Gasteiger partial charge in [-0.1, -0.05) is 17.8 Å². The molecule has 0 unspecified atom stereocenters. The van der Waals surface area contributed by atoms with Crippen LogP contribution in [0.5, 0.6) is 17.2 Å². The van der Waals surface area contributed by atoms with E-state index in [-0.39, 0.29) is 17.5 Å². The lowest BCUT2D eigenvalue weighted by Crippen LogP contribution is -2.44. The summed E-state index contributed by atoms with van der Waals surface area (Å²) in [6, 6.07) is 11.5. The number of esters is 1. The molecule has 1 N–H and O–H groups in total. The number of methoxy groups -OCH3 is 1. The normalized spacial score (nSPS) is 14.1. The van der Waals surface area contributed by atoms with Crippen molar-refractivity contribution in [2.24, 2.45) is 0 Å². The van der Waals surface area contributed by atoms with E-state index in [1.54, 1.807) is 55.5 Å². The second-order valence-corrected chi connectivity index (χ2v) is 8.60. The van der Waals surface area contributed by atoms with Crippen molar-refractivity contribution in [3.05, 3.63) is 58.5 Å². The van der Waals surface area contributed by atoms with Gasteiger partial charge < -0.3 is 18.9 Å². The molecule has 35 heavy (non-hydrogen) atoms. The molecule has 0 bridgehead atoms. The van der Waals surface area contributed by atoms with Crippen LogP contribution in [0.4, 0.5) is 0 Å². The number of nitrogens with one attached hydrogen (secondary N) is 1. The van der Waals surface area contributed by atoms with Crippen LogP contribution in [0.15, 0.2) is 47.4 Å². The molecule has 1 saturated heterocycles. The summed E-state index contributed by atoms with van der Waals surface area (Å²) in [5.74, 6) is -0.0298. The zero-order valence-corrected chi connectivity index (χ0v) is 21.0. The maximum atomic E-state index is 12.9. The summed E-state index contributed by atoms with van der Waals surface area (Å²) in [5.41, 5.74) is 3.54. The van der Waals surface area contributed by atoms with E-state index in [4.69, 9.17) is 31.2 Å². The quantitative estimate of drug-likeness (QED) is 0.288. The summed E-state index contributed by atoms with van der Waals surface area (Å²) in [4.78, 5) is 37.4. The van der Waals surface area contributed by atoms with E-state index < -0.39 is 17.8 Å². The Labute approximate surface area is 212 Å². The molecule has 2 amide bonds. The van der Waals surface area contributed by atoms with Crippen molar-refractivity contribution in [3.8, 4) is 17.2 Å². The van der Waals surface area contributed by atoms with Gasteiger partial charge in [-0.3, -0.25) is 15.0 Å². The van der Waals surface area contributed by atoms with Crippen molar-refractivity contribution < 1.29 is 33.3 Å². The molecule has 1 aliphatic heterocycles. The molecule has 1 heterocycles. The average molecular weight is 517 g/mol. The minimum absolute atomic E-state index is 0.197. The number of rotatable bonds is 10. The number of hydrogen-bond donors (Lipinski definition) is 1. The molecule has 0 aromatic heterocycles. The topological polar surface area (TPSA) is 103 Å². The summed E-state index contributed by atoms with van der Waals surface area (Å²) in [6.07, 6.45) is 1.64. The first kappa shape index (κ1) is 26.0. The van der Waals surface area contributed by atoms with E-state index in [1.165, 1.54) is 7.11 Å². The van der Waals surface area contributed by atoms with Crippen LogP contribution in [-0.4, -0.2) is 54.0 Å². The highest BCUT2D eigenvalue weighted by Crippen LogP contribution is 2.34. The van der Waals surface area contributed by atoms with Crippen LogP contribution < -0.4 is 19.6 Å². The van der Waals surface area contributed by atoms with E-state index in [2.05, 4.69) is 5.43 Å². The van der Waals surface area contributed by atoms with Crippen LogP contribution in [0, 0.1) is 0 Å². The molecule has 0 aliphatic carbocycles. The number of thioether (sulfide) groups is 1. The third kappa shape index (κ3) is 6.74. The van der Waals surface area contributed by atoms with E-state index in [1.807, 2.05) is 6.92 Å². The first-order chi connectivity index (χ1) is 16.9. The fourth-order valence-electron chi connectivity index (χ4n) is 2.97. The Balaban J connectivity index is 1.73. The average Bonchev–Trinajstić information content (AvgIpc) is 3.11. The second-order valence-electron chi connectivity index (χ2n) is 6.92. The van der Waals surface area contributed by atoms with Gasteiger partial charge in [-0.25, -0.2) is 4.79 Å². The number of nitrogens with zero attached hydrogens (tertiary/aromatic N) is 1. The first-order valence-electron chi connectivity index (χ1n) is 10.6. The molecule has 3 rings (SSSR count). The van der Waals surface area contributed by atoms with Gasteiger partial charge >= 0.3 is 5.97 Å². The minimum atomic E-state index is -0.487. The van der Waals surface area contributed by atoms with Gasteiger partial charge in [-0.15, -0.1) is 0 Å². The van der Waals surface area contributed by atoms with Gasteiger partial charge in [0.25, 0.3) is 11.8 Å². The SMILES string of the molecule is CCOC(=O)COc1ccc(/C=C2\SC(=S)N(NC(=O)c3ccc(OC)cc3)C2=O)cc1OCC. The Hall–Kier alpha value is -3.57. The first-order valence-corrected chi connectivity index (χ1v) is 11.9. The number of ether oxygens (including phenoxy) is 4. The Morgan fingerprint density at radius 2 is 1.80 bits per heavy atom. The molecule has 1 aliphatic rings. The predicted molar refractivity (Wildman–Crippen MR) is 135 cm³/mol. The number of thiocarbonyl (C=S) groups is 1. The Kier molecular flexibility index (Phi) is 9.10. The predicted octanol–water partition coefficient (Wildman–Crippen LogP) is 3.58. The van der Waals surface area contributed by atoms with Gasteiger partial charge in [0.1, 0.15) is 5.75 Å². The number of benzene rings is 2. The lowest BCUT2D eigenvalue weighted by Gasteiger charge is -2.15. The van der Waals surface area contributed by atoms with Crippen LogP contribution >= 0.6 is 24.0 Å². The Morgan fingerprint density at radius 1 is 1.06 bits per heavy atom. The summed E-state index contributed by atoms with van der Waals surface area (Å²) >= 11 is 6.36. The van der Waals surface area contributed by atoms with Gasteiger partial charge in [0.05, 0.1) is 25.2 Å². The molecule has 1 fully saturated rings.